The number of amides is 2. The van der Waals surface area contributed by atoms with Crippen molar-refractivity contribution >= 4 is 12.2 Å². The first kappa shape index (κ1) is 21.6. The highest BCUT2D eigenvalue weighted by Crippen LogP contribution is 2.43. The van der Waals surface area contributed by atoms with Gasteiger partial charge in [0, 0.05) is 55.8 Å². The molecule has 2 aromatic rings. The van der Waals surface area contributed by atoms with E-state index < -0.39 is 0 Å². The second-order valence-corrected chi connectivity index (χ2v) is 9.39. The molecule has 4 heterocycles. The van der Waals surface area contributed by atoms with Crippen molar-refractivity contribution in [1.82, 2.24) is 20.0 Å². The van der Waals surface area contributed by atoms with Gasteiger partial charge in [-0.15, -0.1) is 0 Å². The van der Waals surface area contributed by atoms with Crippen molar-refractivity contribution in [2.75, 3.05) is 19.6 Å². The van der Waals surface area contributed by atoms with Crippen molar-refractivity contribution in [2.45, 2.75) is 57.6 Å². The number of likely N-dealkylation sites (tertiary alicyclic amines) is 1. The molecule has 8 nitrogen and oxygen atoms in total. The summed E-state index contributed by atoms with van der Waals surface area (Å²) in [6, 6.07) is 10.5. The van der Waals surface area contributed by atoms with Crippen molar-refractivity contribution in [3.8, 4) is 0 Å². The maximum absolute atomic E-state index is 12.3. The van der Waals surface area contributed by atoms with E-state index in [2.05, 4.69) is 46.2 Å². The first-order valence-electron chi connectivity index (χ1n) is 11.8. The normalized spacial score (nSPS) is 23.9. The van der Waals surface area contributed by atoms with Crippen LogP contribution in [0.2, 0.25) is 0 Å². The number of carbonyl (C=O) groups excluding carboxylic acids is 1. The van der Waals surface area contributed by atoms with Crippen LogP contribution >= 0.6 is 0 Å². The van der Waals surface area contributed by atoms with Gasteiger partial charge in [0.25, 0.3) is 0 Å². The number of urea groups is 1. The van der Waals surface area contributed by atoms with Gasteiger partial charge in [-0.25, -0.2) is 9.79 Å². The molecule has 5 rings (SSSR count). The maximum Gasteiger partial charge on any atom is 0.317 e. The van der Waals surface area contributed by atoms with Crippen LogP contribution in [0.5, 0.6) is 0 Å². The van der Waals surface area contributed by atoms with Crippen molar-refractivity contribution in [3.63, 3.8) is 0 Å². The Morgan fingerprint density at radius 1 is 1.30 bits per heavy atom. The number of rotatable bonds is 5. The minimum absolute atomic E-state index is 0.00150. The van der Waals surface area contributed by atoms with Gasteiger partial charge in [-0.2, -0.15) is 5.10 Å². The number of nitrogens with two attached hydrogens (primary N) is 1. The number of aryl methyl sites for hydroxylation is 2. The van der Waals surface area contributed by atoms with Gasteiger partial charge >= 0.3 is 6.03 Å². The molecule has 1 fully saturated rings. The molecule has 0 aliphatic carbocycles. The van der Waals surface area contributed by atoms with Gasteiger partial charge in [0.1, 0.15) is 12.4 Å². The predicted octanol–water partition coefficient (Wildman–Crippen LogP) is 3.17. The lowest BCUT2D eigenvalue weighted by Gasteiger charge is -2.23. The highest BCUT2D eigenvalue weighted by molar-refractivity contribution is 5.75. The molecule has 3 N–H and O–H groups in total. The molecule has 3 aliphatic rings. The van der Waals surface area contributed by atoms with Crippen LogP contribution in [0.25, 0.3) is 0 Å². The quantitative estimate of drug-likeness (QED) is 0.734. The van der Waals surface area contributed by atoms with E-state index in [0.29, 0.717) is 25.4 Å². The Kier molecular flexibility index (Phi) is 5.60. The Bertz CT molecular complexity index is 1120. The number of carbonyl (C=O) groups is 1. The molecule has 1 saturated heterocycles. The predicted molar refractivity (Wildman–Crippen MR) is 127 cm³/mol. The Labute approximate surface area is 194 Å². The number of benzene rings is 1. The van der Waals surface area contributed by atoms with E-state index >= 15 is 0 Å². The smallest absolute Gasteiger partial charge is 0.317 e. The summed E-state index contributed by atoms with van der Waals surface area (Å²) in [5, 5.41) is 7.84. The number of ether oxygens (including phenoxy) is 1. The fraction of sp³-hybridized carbons (Fsp3) is 0.480. The van der Waals surface area contributed by atoms with Gasteiger partial charge in [0.15, 0.2) is 5.82 Å². The summed E-state index contributed by atoms with van der Waals surface area (Å²) in [4.78, 5) is 18.7. The topological polar surface area (TPSA) is 97.8 Å². The zero-order chi connectivity index (χ0) is 23.0. The van der Waals surface area contributed by atoms with Crippen LogP contribution in [0.15, 0.2) is 46.9 Å². The average molecular weight is 449 g/mol. The Morgan fingerprint density at radius 2 is 2.15 bits per heavy atom. The molecule has 2 amide bonds. The number of aromatic nitrogens is 2. The first-order chi connectivity index (χ1) is 16.0. The van der Waals surface area contributed by atoms with E-state index in [1.54, 1.807) is 0 Å². The van der Waals surface area contributed by atoms with Crippen LogP contribution in [-0.4, -0.2) is 46.6 Å². The number of nitrogens with zero attached hydrogens (tertiary/aromatic N) is 4. The van der Waals surface area contributed by atoms with Crippen molar-refractivity contribution < 1.29 is 9.53 Å². The van der Waals surface area contributed by atoms with E-state index in [1.807, 2.05) is 24.1 Å². The van der Waals surface area contributed by atoms with Crippen LogP contribution in [0.1, 0.15) is 54.6 Å². The molecule has 2 unspecified atom stereocenters. The van der Waals surface area contributed by atoms with E-state index in [4.69, 9.17) is 15.6 Å². The fourth-order valence-corrected chi connectivity index (χ4v) is 5.27. The minimum Gasteiger partial charge on any atom is -0.489 e. The summed E-state index contributed by atoms with van der Waals surface area (Å²) >= 11 is 0. The fourth-order valence-electron chi connectivity index (χ4n) is 5.27. The Morgan fingerprint density at radius 3 is 2.97 bits per heavy atom. The summed E-state index contributed by atoms with van der Waals surface area (Å²) in [6.07, 6.45) is 4.54. The van der Waals surface area contributed by atoms with Crippen LogP contribution < -0.4 is 11.1 Å². The second-order valence-electron chi connectivity index (χ2n) is 9.39. The zero-order valence-corrected chi connectivity index (χ0v) is 19.4. The van der Waals surface area contributed by atoms with Crippen LogP contribution in [0.4, 0.5) is 4.79 Å². The van der Waals surface area contributed by atoms with E-state index in [9.17, 15) is 4.79 Å². The van der Waals surface area contributed by atoms with Gasteiger partial charge in [-0.3, -0.25) is 4.68 Å². The van der Waals surface area contributed by atoms with Gasteiger partial charge in [-0.05, 0) is 38.3 Å². The zero-order valence-electron chi connectivity index (χ0n) is 19.4. The molecule has 33 heavy (non-hydrogen) atoms. The number of fused-ring (bicyclic) bond motifs is 2. The lowest BCUT2D eigenvalue weighted by Crippen LogP contribution is -2.40. The van der Waals surface area contributed by atoms with Crippen molar-refractivity contribution in [2.24, 2.45) is 10.7 Å². The average Bonchev–Trinajstić information content (AvgIpc) is 3.50. The minimum atomic E-state index is 0.00150. The largest absolute Gasteiger partial charge is 0.489 e. The summed E-state index contributed by atoms with van der Waals surface area (Å²) < 4.78 is 8.20. The molecule has 0 radical (unpaired) electrons. The molecule has 3 aliphatic heterocycles. The second kappa shape index (κ2) is 8.57. The maximum atomic E-state index is 12.3. The van der Waals surface area contributed by atoms with Crippen molar-refractivity contribution in [1.29, 1.82) is 0 Å². The molecule has 2 atom stereocenters. The van der Waals surface area contributed by atoms with Gasteiger partial charge in [0.2, 0.25) is 0 Å². The molecule has 1 aromatic heterocycles. The third-order valence-corrected chi connectivity index (χ3v) is 7.07. The summed E-state index contributed by atoms with van der Waals surface area (Å²) in [7, 11) is 0. The summed E-state index contributed by atoms with van der Waals surface area (Å²) in [6.45, 7) is 7.56. The molecule has 0 bridgehead atoms. The molecular weight excluding hydrogens is 416 g/mol. The standard InChI is InChI=1S/C25H32N6O2/c1-3-27-24(32)30-9-7-25(16-30)8-10-31-22(25)13-20(29-31)19-12-21(23(26)28-14-19)33-15-18-6-4-5-17(2)11-18/h4-6,11,13-14,19H,3,7-10,12,15-16,26H2,1-2H3,(H,27,32). The van der Waals surface area contributed by atoms with Gasteiger partial charge in [-0.1, -0.05) is 29.8 Å². The number of aliphatic imine (C=N–C) groups is 1. The Balaban J connectivity index is 1.28. The van der Waals surface area contributed by atoms with E-state index in [1.165, 1.54) is 11.3 Å². The van der Waals surface area contributed by atoms with E-state index in [-0.39, 0.29) is 17.4 Å². The van der Waals surface area contributed by atoms with Gasteiger partial charge < -0.3 is 20.7 Å². The summed E-state index contributed by atoms with van der Waals surface area (Å²) in [5.74, 6) is 1.19. The van der Waals surface area contributed by atoms with Gasteiger partial charge in [0.05, 0.1) is 5.69 Å². The molecular formula is C25H32N6O2. The lowest BCUT2D eigenvalue weighted by atomic mass is 9.82. The third-order valence-electron chi connectivity index (χ3n) is 7.07. The Hall–Kier alpha value is -3.29. The number of hydrogen-bond acceptors (Lipinski definition) is 5. The molecule has 8 heteroatoms. The van der Waals surface area contributed by atoms with Crippen molar-refractivity contribution in [3.05, 3.63) is 64.4 Å². The highest BCUT2D eigenvalue weighted by Gasteiger charge is 2.47. The first-order valence-corrected chi connectivity index (χ1v) is 11.8. The SMILES string of the molecule is CCNC(=O)N1CCC2(CCn3nc(C4C=NC(N)=C(OCc5cccc(C)c5)C4)cc32)C1. The molecule has 1 aromatic carbocycles. The van der Waals surface area contributed by atoms with Crippen LogP contribution in [0.3, 0.4) is 0 Å². The monoisotopic (exact) mass is 448 g/mol. The highest BCUT2D eigenvalue weighted by atomic mass is 16.5. The number of hydrogen-bond donors (Lipinski definition) is 2. The third kappa shape index (κ3) is 4.10. The molecule has 1 spiro atoms. The van der Waals surface area contributed by atoms with Crippen LogP contribution in [0, 0.1) is 6.92 Å². The van der Waals surface area contributed by atoms with Crippen LogP contribution in [-0.2, 0) is 23.3 Å². The number of nitrogens with one attached hydrogen (secondary N) is 1. The summed E-state index contributed by atoms with van der Waals surface area (Å²) in [5.41, 5.74) is 10.7. The lowest BCUT2D eigenvalue weighted by molar-refractivity contribution is 0.182. The number of allylic oxidation sites excluding steroid dienone is 1. The molecule has 0 saturated carbocycles. The van der Waals surface area contributed by atoms with E-state index in [0.717, 1.165) is 49.5 Å². The molecule has 174 valence electrons.